The molecule has 8 heteroatoms. The molecule has 0 unspecified atom stereocenters. The zero-order chi connectivity index (χ0) is 19.6. The summed E-state index contributed by atoms with van der Waals surface area (Å²) >= 11 is 9.51. The fourth-order valence-corrected chi connectivity index (χ4v) is 4.00. The molecule has 1 aromatic heterocycles. The van der Waals surface area contributed by atoms with E-state index >= 15 is 0 Å². The van der Waals surface area contributed by atoms with E-state index in [9.17, 15) is 13.2 Å². The van der Waals surface area contributed by atoms with Crippen molar-refractivity contribution < 1.29 is 13.2 Å². The number of rotatable bonds is 4. The Morgan fingerprint density at radius 2 is 1.89 bits per heavy atom. The first-order valence-corrected chi connectivity index (χ1v) is 10.8. The van der Waals surface area contributed by atoms with Crippen LogP contribution in [0.25, 0.3) is 11.3 Å². The lowest BCUT2D eigenvalue weighted by molar-refractivity contribution is 0.102. The monoisotopic (exact) mass is 464 g/mol. The summed E-state index contributed by atoms with van der Waals surface area (Å²) in [6.07, 6.45) is 2.78. The number of hydrogen-bond donors (Lipinski definition) is 1. The molecule has 0 radical (unpaired) electrons. The van der Waals surface area contributed by atoms with E-state index < -0.39 is 9.84 Å². The summed E-state index contributed by atoms with van der Waals surface area (Å²) in [5, 5.41) is 3.31. The number of pyridine rings is 1. The zero-order valence-electron chi connectivity index (χ0n) is 14.1. The maximum atomic E-state index is 12.6. The van der Waals surface area contributed by atoms with E-state index in [0.29, 0.717) is 32.0 Å². The highest BCUT2D eigenvalue weighted by Gasteiger charge is 2.15. The summed E-state index contributed by atoms with van der Waals surface area (Å²) in [4.78, 5) is 17.0. The zero-order valence-corrected chi connectivity index (χ0v) is 17.3. The van der Waals surface area contributed by atoms with Crippen LogP contribution in [0.4, 0.5) is 5.69 Å². The lowest BCUT2D eigenvalue weighted by Gasteiger charge is -2.10. The van der Waals surface area contributed by atoms with Gasteiger partial charge in [-0.1, -0.05) is 17.7 Å². The fourth-order valence-electron chi connectivity index (χ4n) is 2.43. The molecular formula is C19H14BrClN2O3S. The number of nitrogens with zero attached hydrogens (tertiary/aromatic N) is 1. The van der Waals surface area contributed by atoms with Gasteiger partial charge in [-0.15, -0.1) is 0 Å². The van der Waals surface area contributed by atoms with Gasteiger partial charge in [0.05, 0.1) is 21.2 Å². The molecule has 0 aliphatic heterocycles. The van der Waals surface area contributed by atoms with Gasteiger partial charge in [0.2, 0.25) is 0 Å². The number of benzene rings is 2. The van der Waals surface area contributed by atoms with Gasteiger partial charge in [0.25, 0.3) is 5.91 Å². The van der Waals surface area contributed by atoms with Crippen molar-refractivity contribution in [3.8, 4) is 11.3 Å². The van der Waals surface area contributed by atoms with Gasteiger partial charge in [-0.2, -0.15) is 0 Å². The van der Waals surface area contributed by atoms with Gasteiger partial charge in [0.1, 0.15) is 0 Å². The molecular weight excluding hydrogens is 452 g/mol. The summed E-state index contributed by atoms with van der Waals surface area (Å²) in [5.41, 5.74) is 2.25. The number of amides is 1. The number of carbonyl (C=O) groups excluding carboxylic acids is 1. The molecule has 1 N–H and O–H groups in total. The number of carbonyl (C=O) groups is 1. The molecule has 0 aliphatic carbocycles. The number of sulfone groups is 1. The van der Waals surface area contributed by atoms with Crippen molar-refractivity contribution in [1.82, 2.24) is 4.98 Å². The third-order valence-corrected chi connectivity index (χ3v) is 5.87. The molecule has 2 aromatic carbocycles. The van der Waals surface area contributed by atoms with Gasteiger partial charge in [0, 0.05) is 28.2 Å². The Morgan fingerprint density at radius 1 is 1.11 bits per heavy atom. The van der Waals surface area contributed by atoms with Crippen molar-refractivity contribution in [3.05, 3.63) is 75.9 Å². The minimum Gasteiger partial charge on any atom is -0.322 e. The number of hydrogen-bond acceptors (Lipinski definition) is 4. The second-order valence-corrected chi connectivity index (χ2v) is 9.05. The molecule has 27 heavy (non-hydrogen) atoms. The smallest absolute Gasteiger partial charge is 0.256 e. The summed E-state index contributed by atoms with van der Waals surface area (Å²) < 4.78 is 23.6. The molecule has 3 rings (SSSR count). The Hall–Kier alpha value is -2.22. The molecule has 0 spiro atoms. The minimum absolute atomic E-state index is 0.134. The molecule has 1 heterocycles. The van der Waals surface area contributed by atoms with E-state index in [1.54, 1.807) is 30.5 Å². The average Bonchev–Trinajstić information content (AvgIpc) is 2.63. The normalized spacial score (nSPS) is 11.2. The first-order chi connectivity index (χ1) is 12.8. The molecule has 5 nitrogen and oxygen atoms in total. The van der Waals surface area contributed by atoms with Crippen LogP contribution in [0.15, 0.2) is 70.2 Å². The molecule has 0 bridgehead atoms. The van der Waals surface area contributed by atoms with Gasteiger partial charge < -0.3 is 5.32 Å². The van der Waals surface area contributed by atoms with Crippen LogP contribution >= 0.6 is 27.5 Å². The predicted octanol–water partition coefficient (Wildman–Crippen LogP) is 4.82. The van der Waals surface area contributed by atoms with Crippen LogP contribution in [-0.4, -0.2) is 25.6 Å². The Labute approximate surface area is 170 Å². The maximum Gasteiger partial charge on any atom is 0.256 e. The molecule has 3 aromatic rings. The predicted molar refractivity (Wildman–Crippen MR) is 110 cm³/mol. The summed E-state index contributed by atoms with van der Waals surface area (Å²) in [7, 11) is -3.35. The van der Waals surface area contributed by atoms with Crippen molar-refractivity contribution >= 4 is 49.0 Å². The second kappa shape index (κ2) is 7.80. The highest BCUT2D eigenvalue weighted by Crippen LogP contribution is 2.30. The molecule has 0 aliphatic rings. The maximum absolute atomic E-state index is 12.6. The first-order valence-electron chi connectivity index (χ1n) is 7.77. The average molecular weight is 466 g/mol. The Kier molecular flexibility index (Phi) is 5.64. The summed E-state index contributed by atoms with van der Waals surface area (Å²) in [6, 6.07) is 14.9. The van der Waals surface area contributed by atoms with Crippen molar-refractivity contribution in [2.45, 2.75) is 4.90 Å². The van der Waals surface area contributed by atoms with E-state index in [1.165, 1.54) is 18.2 Å². The molecule has 1 amide bonds. The largest absolute Gasteiger partial charge is 0.322 e. The van der Waals surface area contributed by atoms with Gasteiger partial charge in [-0.25, -0.2) is 8.42 Å². The van der Waals surface area contributed by atoms with Crippen LogP contribution in [0, 0.1) is 0 Å². The van der Waals surface area contributed by atoms with E-state index in [2.05, 4.69) is 26.2 Å². The van der Waals surface area contributed by atoms with Gasteiger partial charge in [0.15, 0.2) is 9.84 Å². The van der Waals surface area contributed by atoms with E-state index in [4.69, 9.17) is 11.6 Å². The van der Waals surface area contributed by atoms with Crippen LogP contribution in [0.5, 0.6) is 0 Å². The second-order valence-electron chi connectivity index (χ2n) is 5.78. The van der Waals surface area contributed by atoms with Gasteiger partial charge >= 0.3 is 0 Å². The first kappa shape index (κ1) is 19.5. The van der Waals surface area contributed by atoms with Crippen LogP contribution in [0.1, 0.15) is 10.4 Å². The third-order valence-electron chi connectivity index (χ3n) is 3.78. The Morgan fingerprint density at radius 3 is 2.52 bits per heavy atom. The third kappa shape index (κ3) is 4.55. The lowest BCUT2D eigenvalue weighted by Crippen LogP contribution is -2.13. The van der Waals surface area contributed by atoms with Crippen molar-refractivity contribution in [3.63, 3.8) is 0 Å². The van der Waals surface area contributed by atoms with Crippen LogP contribution in [0.2, 0.25) is 5.02 Å². The van der Waals surface area contributed by atoms with E-state index in [1.807, 2.05) is 12.1 Å². The molecule has 0 fully saturated rings. The van der Waals surface area contributed by atoms with Crippen molar-refractivity contribution in [1.29, 1.82) is 0 Å². The number of halogens is 2. The van der Waals surface area contributed by atoms with Crippen LogP contribution in [0.3, 0.4) is 0 Å². The standard InChI is InChI=1S/C19H14BrClN2O3S/c1-27(25,26)13-6-7-14(16(20)11-13)19(24)23-12-5-8-17(21)15(10-12)18-4-2-3-9-22-18/h2-11H,1H3,(H,23,24). The number of anilines is 1. The SMILES string of the molecule is CS(=O)(=O)c1ccc(C(=O)Nc2ccc(Cl)c(-c3ccccn3)c2)c(Br)c1. The topological polar surface area (TPSA) is 76.1 Å². The van der Waals surface area contributed by atoms with Gasteiger partial charge in [-0.3, -0.25) is 9.78 Å². The Balaban J connectivity index is 1.89. The molecule has 0 saturated carbocycles. The van der Waals surface area contributed by atoms with Crippen LogP contribution in [-0.2, 0) is 9.84 Å². The molecule has 0 atom stereocenters. The number of nitrogens with one attached hydrogen (secondary N) is 1. The summed E-state index contributed by atoms with van der Waals surface area (Å²) in [5.74, 6) is -0.379. The number of aromatic nitrogens is 1. The van der Waals surface area contributed by atoms with Crippen molar-refractivity contribution in [2.24, 2.45) is 0 Å². The van der Waals surface area contributed by atoms with Crippen LogP contribution < -0.4 is 5.32 Å². The summed E-state index contributed by atoms with van der Waals surface area (Å²) in [6.45, 7) is 0. The molecule has 138 valence electrons. The quantitative estimate of drug-likeness (QED) is 0.599. The van der Waals surface area contributed by atoms with E-state index in [0.717, 1.165) is 6.26 Å². The Bertz CT molecular complexity index is 1120. The van der Waals surface area contributed by atoms with Gasteiger partial charge in [-0.05, 0) is 64.5 Å². The van der Waals surface area contributed by atoms with Crippen molar-refractivity contribution in [2.75, 3.05) is 11.6 Å². The lowest BCUT2D eigenvalue weighted by atomic mass is 10.1. The molecule has 0 saturated heterocycles. The van der Waals surface area contributed by atoms with E-state index in [-0.39, 0.29) is 10.8 Å². The highest BCUT2D eigenvalue weighted by molar-refractivity contribution is 9.10. The fraction of sp³-hybridized carbons (Fsp3) is 0.0526. The highest BCUT2D eigenvalue weighted by atomic mass is 79.9. The minimum atomic E-state index is -3.35.